The number of hydrogen-bond donors (Lipinski definition) is 0. The molecule has 1 fully saturated rings. The molecule has 0 amide bonds. The van der Waals surface area contributed by atoms with Gasteiger partial charge < -0.3 is 9.47 Å². The molecule has 0 aromatic carbocycles. The van der Waals surface area contributed by atoms with Gasteiger partial charge in [-0.2, -0.15) is 0 Å². The number of esters is 2. The van der Waals surface area contributed by atoms with E-state index in [0.717, 1.165) is 25.7 Å². The molecule has 20 heavy (non-hydrogen) atoms. The molecule has 1 aliphatic rings. The molecule has 1 saturated carbocycles. The highest BCUT2D eigenvalue weighted by Gasteiger charge is 2.40. The molecule has 0 aromatic rings. The first-order chi connectivity index (χ1) is 9.04. The van der Waals surface area contributed by atoms with Gasteiger partial charge in [0.2, 0.25) is 0 Å². The average Bonchev–Trinajstić information content (AvgIpc) is 2.25. The lowest BCUT2D eigenvalue weighted by atomic mass is 9.70. The van der Waals surface area contributed by atoms with Gasteiger partial charge in [-0.25, -0.2) is 0 Å². The number of ether oxygens (including phenoxy) is 2. The monoisotopic (exact) mass is 284 g/mol. The van der Waals surface area contributed by atoms with Crippen LogP contribution in [0.1, 0.15) is 67.2 Å². The van der Waals surface area contributed by atoms with Crippen LogP contribution in [0.2, 0.25) is 0 Å². The Morgan fingerprint density at radius 1 is 0.750 bits per heavy atom. The summed E-state index contributed by atoms with van der Waals surface area (Å²) < 4.78 is 10.9. The van der Waals surface area contributed by atoms with Gasteiger partial charge in [0.25, 0.3) is 0 Å². The summed E-state index contributed by atoms with van der Waals surface area (Å²) in [4.78, 5) is 22.3. The van der Waals surface area contributed by atoms with Crippen molar-refractivity contribution in [1.29, 1.82) is 0 Å². The Balaban J connectivity index is 2.59. The molecular weight excluding hydrogens is 256 g/mol. The van der Waals surface area contributed by atoms with E-state index in [2.05, 4.69) is 0 Å². The fourth-order valence-corrected chi connectivity index (χ4v) is 3.39. The van der Waals surface area contributed by atoms with Crippen molar-refractivity contribution >= 4 is 11.9 Å². The molecule has 0 saturated heterocycles. The van der Waals surface area contributed by atoms with Crippen LogP contribution in [0.15, 0.2) is 0 Å². The minimum Gasteiger partial charge on any atom is -0.460 e. The molecule has 4 nitrogen and oxygen atoms in total. The predicted molar refractivity (Wildman–Crippen MR) is 77.1 cm³/mol. The zero-order valence-corrected chi connectivity index (χ0v) is 13.6. The molecule has 0 aromatic heterocycles. The summed E-state index contributed by atoms with van der Waals surface area (Å²) in [7, 11) is 0. The van der Waals surface area contributed by atoms with E-state index in [1.807, 2.05) is 27.7 Å². The quantitative estimate of drug-likeness (QED) is 0.742. The third-order valence-corrected chi connectivity index (χ3v) is 4.51. The van der Waals surface area contributed by atoms with Gasteiger partial charge >= 0.3 is 11.9 Å². The summed E-state index contributed by atoms with van der Waals surface area (Å²) in [6.07, 6.45) is 3.98. The Bertz CT molecular complexity index is 327. The molecule has 0 bridgehead atoms. The largest absolute Gasteiger partial charge is 0.460 e. The minimum absolute atomic E-state index is 0.225. The summed E-state index contributed by atoms with van der Waals surface area (Å²) in [5.41, 5.74) is -0.829. The second kappa shape index (κ2) is 6.15. The van der Waals surface area contributed by atoms with Crippen molar-refractivity contribution in [2.24, 2.45) is 11.8 Å². The molecule has 0 N–H and O–H groups in total. The van der Waals surface area contributed by atoms with E-state index in [1.165, 1.54) is 13.8 Å². The minimum atomic E-state index is -0.414. The van der Waals surface area contributed by atoms with Crippen molar-refractivity contribution in [3.63, 3.8) is 0 Å². The van der Waals surface area contributed by atoms with E-state index >= 15 is 0 Å². The number of hydrogen-bond acceptors (Lipinski definition) is 4. The smallest absolute Gasteiger partial charge is 0.303 e. The van der Waals surface area contributed by atoms with Crippen LogP contribution in [-0.2, 0) is 19.1 Å². The lowest BCUT2D eigenvalue weighted by Crippen LogP contribution is -2.43. The molecule has 0 radical (unpaired) electrons. The van der Waals surface area contributed by atoms with Crippen molar-refractivity contribution in [3.8, 4) is 0 Å². The SMILES string of the molecule is CC(=O)OC(C)(C)C1CCC(C(C)(C)OC(C)=O)CC1. The molecule has 0 unspecified atom stereocenters. The first kappa shape index (κ1) is 17.0. The van der Waals surface area contributed by atoms with Crippen molar-refractivity contribution in [2.75, 3.05) is 0 Å². The number of carbonyl (C=O) groups is 2. The molecule has 116 valence electrons. The van der Waals surface area contributed by atoms with Crippen LogP contribution in [0.4, 0.5) is 0 Å². The molecule has 0 heterocycles. The second-order valence-electron chi connectivity index (χ2n) is 6.94. The zero-order valence-electron chi connectivity index (χ0n) is 13.6. The van der Waals surface area contributed by atoms with Crippen LogP contribution in [0.25, 0.3) is 0 Å². The normalized spacial score (nSPS) is 24.1. The molecule has 0 spiro atoms. The number of carbonyl (C=O) groups excluding carboxylic acids is 2. The molecule has 1 rings (SSSR count). The lowest BCUT2D eigenvalue weighted by molar-refractivity contribution is -0.167. The fraction of sp³-hybridized carbons (Fsp3) is 0.875. The van der Waals surface area contributed by atoms with Gasteiger partial charge in [0, 0.05) is 13.8 Å². The van der Waals surface area contributed by atoms with Crippen LogP contribution >= 0.6 is 0 Å². The zero-order chi connectivity index (χ0) is 15.6. The molecule has 0 atom stereocenters. The first-order valence-electron chi connectivity index (χ1n) is 7.44. The lowest BCUT2D eigenvalue weighted by Gasteiger charge is -2.42. The predicted octanol–water partition coefficient (Wildman–Crippen LogP) is 3.48. The highest BCUT2D eigenvalue weighted by molar-refractivity contribution is 5.66. The maximum Gasteiger partial charge on any atom is 0.303 e. The third kappa shape index (κ3) is 4.50. The third-order valence-electron chi connectivity index (χ3n) is 4.51. The van der Waals surface area contributed by atoms with Crippen LogP contribution in [0, 0.1) is 11.8 Å². The van der Waals surface area contributed by atoms with E-state index < -0.39 is 11.2 Å². The maximum atomic E-state index is 11.2. The van der Waals surface area contributed by atoms with Gasteiger partial charge in [0.1, 0.15) is 11.2 Å². The molecule has 1 aliphatic carbocycles. The van der Waals surface area contributed by atoms with Gasteiger partial charge in [-0.1, -0.05) is 0 Å². The summed E-state index contributed by atoms with van der Waals surface area (Å²) in [5.74, 6) is 0.293. The van der Waals surface area contributed by atoms with Gasteiger partial charge in [-0.3, -0.25) is 9.59 Å². The first-order valence-corrected chi connectivity index (χ1v) is 7.44. The van der Waals surface area contributed by atoms with Gasteiger partial charge in [0.15, 0.2) is 0 Å². The van der Waals surface area contributed by atoms with E-state index in [-0.39, 0.29) is 11.9 Å². The summed E-state index contributed by atoms with van der Waals surface area (Å²) in [5, 5.41) is 0. The van der Waals surface area contributed by atoms with Crippen LogP contribution in [0.5, 0.6) is 0 Å². The van der Waals surface area contributed by atoms with Crippen molar-refractivity contribution in [1.82, 2.24) is 0 Å². The van der Waals surface area contributed by atoms with E-state index in [9.17, 15) is 9.59 Å². The van der Waals surface area contributed by atoms with E-state index in [0.29, 0.717) is 11.8 Å². The molecular formula is C16H28O4. The Kier molecular flexibility index (Phi) is 5.22. The van der Waals surface area contributed by atoms with Gasteiger partial charge in [0.05, 0.1) is 0 Å². The van der Waals surface area contributed by atoms with Crippen molar-refractivity contribution in [2.45, 2.75) is 78.4 Å². The highest BCUT2D eigenvalue weighted by atomic mass is 16.6. The van der Waals surface area contributed by atoms with Gasteiger partial charge in [-0.15, -0.1) is 0 Å². The molecule has 4 heteroatoms. The Morgan fingerprint density at radius 2 is 1.00 bits per heavy atom. The number of rotatable bonds is 4. The van der Waals surface area contributed by atoms with E-state index in [4.69, 9.17) is 9.47 Å². The van der Waals surface area contributed by atoms with Crippen molar-refractivity contribution < 1.29 is 19.1 Å². The Labute approximate surface area is 122 Å². The van der Waals surface area contributed by atoms with Crippen LogP contribution in [-0.4, -0.2) is 23.1 Å². The van der Waals surface area contributed by atoms with Crippen molar-refractivity contribution in [3.05, 3.63) is 0 Å². The summed E-state index contributed by atoms with van der Waals surface area (Å²) >= 11 is 0. The molecule has 0 aliphatic heterocycles. The summed E-state index contributed by atoms with van der Waals surface area (Å²) in [6, 6.07) is 0. The average molecular weight is 284 g/mol. The fourth-order valence-electron chi connectivity index (χ4n) is 3.39. The second-order valence-corrected chi connectivity index (χ2v) is 6.94. The van der Waals surface area contributed by atoms with Crippen LogP contribution in [0.3, 0.4) is 0 Å². The van der Waals surface area contributed by atoms with Gasteiger partial charge in [-0.05, 0) is 65.2 Å². The van der Waals surface area contributed by atoms with E-state index in [1.54, 1.807) is 0 Å². The topological polar surface area (TPSA) is 52.6 Å². The highest BCUT2D eigenvalue weighted by Crippen LogP contribution is 2.42. The standard InChI is InChI=1S/C16H28O4/c1-11(17)19-15(3,4)13-7-9-14(10-8-13)16(5,6)20-12(2)18/h13-14H,7-10H2,1-6H3. The van der Waals surface area contributed by atoms with Crippen LogP contribution < -0.4 is 0 Å². The maximum absolute atomic E-state index is 11.2. The Morgan fingerprint density at radius 3 is 1.20 bits per heavy atom. The summed E-state index contributed by atoms with van der Waals surface area (Å²) in [6.45, 7) is 10.8. The Hall–Kier alpha value is -1.06.